The Balaban J connectivity index is 4.11. The molecule has 52 valence electrons. The van der Waals surface area contributed by atoms with Gasteiger partial charge in [0, 0.05) is 0 Å². The Labute approximate surface area is 66.5 Å². The largest absolute Gasteiger partial charge is 0.280 e. The number of allylic oxidation sites excluding steroid dienone is 1. The van der Waals surface area contributed by atoms with Gasteiger partial charge in [0.05, 0.1) is 0 Å². The van der Waals surface area contributed by atoms with Crippen molar-refractivity contribution in [3.63, 3.8) is 0 Å². The number of carbonyl (C=O) groups excluding carboxylic acids is 1. The SMILES string of the molecule is C=CC(=O)C#CC#CC#CC. The lowest BCUT2D eigenvalue weighted by Crippen LogP contribution is -1.81. The Hall–Kier alpha value is -1.91. The van der Waals surface area contributed by atoms with Crippen LogP contribution >= 0.6 is 0 Å². The van der Waals surface area contributed by atoms with Crippen LogP contribution in [0.5, 0.6) is 0 Å². The Kier molecular flexibility index (Phi) is 5.13. The minimum Gasteiger partial charge on any atom is -0.280 e. The lowest BCUT2D eigenvalue weighted by atomic mass is 10.4. The Morgan fingerprint density at radius 1 is 1.27 bits per heavy atom. The maximum absolute atomic E-state index is 10.4. The summed E-state index contributed by atoms with van der Waals surface area (Å²) >= 11 is 0. The van der Waals surface area contributed by atoms with Gasteiger partial charge in [-0.1, -0.05) is 12.5 Å². The summed E-state index contributed by atoms with van der Waals surface area (Å²) in [5.41, 5.74) is 0. The summed E-state index contributed by atoms with van der Waals surface area (Å²) < 4.78 is 0. The molecule has 0 atom stereocenters. The number of ketones is 1. The molecular formula is C10H6O. The molecule has 1 heteroatoms. The second kappa shape index (κ2) is 6.21. The van der Waals surface area contributed by atoms with Crippen molar-refractivity contribution in [1.29, 1.82) is 0 Å². The normalized spacial score (nSPS) is 5.18. The van der Waals surface area contributed by atoms with E-state index in [0.717, 1.165) is 6.08 Å². The number of rotatable bonds is 1. The predicted molar refractivity (Wildman–Crippen MR) is 44.2 cm³/mol. The first-order valence-corrected chi connectivity index (χ1v) is 2.90. The van der Waals surface area contributed by atoms with Crippen molar-refractivity contribution in [1.82, 2.24) is 0 Å². The van der Waals surface area contributed by atoms with Crippen LogP contribution in [0.3, 0.4) is 0 Å². The van der Waals surface area contributed by atoms with E-state index in [2.05, 4.69) is 42.1 Å². The lowest BCUT2D eigenvalue weighted by Gasteiger charge is -1.66. The zero-order valence-electron chi connectivity index (χ0n) is 6.19. The molecule has 0 spiro atoms. The van der Waals surface area contributed by atoms with Gasteiger partial charge < -0.3 is 0 Å². The fraction of sp³-hybridized carbons (Fsp3) is 0.100. The van der Waals surface area contributed by atoms with E-state index in [0.29, 0.717) is 0 Å². The van der Waals surface area contributed by atoms with Crippen LogP contribution in [-0.4, -0.2) is 5.78 Å². The van der Waals surface area contributed by atoms with Crippen molar-refractivity contribution in [3.8, 4) is 35.5 Å². The highest BCUT2D eigenvalue weighted by Crippen LogP contribution is 1.66. The van der Waals surface area contributed by atoms with Gasteiger partial charge >= 0.3 is 0 Å². The Morgan fingerprint density at radius 2 is 1.91 bits per heavy atom. The monoisotopic (exact) mass is 142 g/mol. The standard InChI is InChI=1S/C10H6O/c1-3-5-6-7-8-9-10(11)4-2/h4H,2H2,1H3. The second-order valence-electron chi connectivity index (χ2n) is 1.44. The topological polar surface area (TPSA) is 17.1 Å². The zero-order chi connectivity index (χ0) is 8.53. The van der Waals surface area contributed by atoms with Crippen LogP contribution in [0.1, 0.15) is 6.92 Å². The van der Waals surface area contributed by atoms with Gasteiger partial charge in [-0.2, -0.15) is 0 Å². The maximum atomic E-state index is 10.4. The van der Waals surface area contributed by atoms with E-state index >= 15 is 0 Å². The smallest absolute Gasteiger partial charge is 0.229 e. The van der Waals surface area contributed by atoms with Crippen molar-refractivity contribution >= 4 is 5.78 Å². The van der Waals surface area contributed by atoms with Gasteiger partial charge in [0.25, 0.3) is 0 Å². The highest BCUT2D eigenvalue weighted by Gasteiger charge is 1.79. The van der Waals surface area contributed by atoms with Crippen LogP contribution in [0.2, 0.25) is 0 Å². The molecule has 1 nitrogen and oxygen atoms in total. The second-order valence-corrected chi connectivity index (χ2v) is 1.44. The van der Waals surface area contributed by atoms with Gasteiger partial charge in [-0.25, -0.2) is 0 Å². The summed E-state index contributed by atoms with van der Waals surface area (Å²) in [7, 11) is 0. The molecule has 0 unspecified atom stereocenters. The fourth-order valence-corrected chi connectivity index (χ4v) is 0.269. The van der Waals surface area contributed by atoms with E-state index in [4.69, 9.17) is 0 Å². The Bertz CT molecular complexity index is 328. The molecule has 0 saturated carbocycles. The summed E-state index contributed by atoms with van der Waals surface area (Å²) in [6.07, 6.45) is 1.14. The van der Waals surface area contributed by atoms with Crippen LogP contribution in [0.4, 0.5) is 0 Å². The van der Waals surface area contributed by atoms with E-state index in [-0.39, 0.29) is 5.78 Å². The molecule has 0 bridgehead atoms. The molecule has 0 aromatic carbocycles. The quantitative estimate of drug-likeness (QED) is 0.300. The molecule has 0 rings (SSSR count). The average molecular weight is 142 g/mol. The van der Waals surface area contributed by atoms with E-state index in [9.17, 15) is 4.79 Å². The molecule has 0 saturated heterocycles. The molecule has 0 aliphatic heterocycles. The minimum atomic E-state index is -0.330. The van der Waals surface area contributed by atoms with Crippen LogP contribution in [0.15, 0.2) is 12.7 Å². The molecule has 0 aromatic heterocycles. The van der Waals surface area contributed by atoms with E-state index in [1.54, 1.807) is 6.92 Å². The van der Waals surface area contributed by atoms with Gasteiger partial charge in [-0.15, -0.1) is 0 Å². The van der Waals surface area contributed by atoms with Crippen molar-refractivity contribution in [3.05, 3.63) is 12.7 Å². The fourth-order valence-electron chi connectivity index (χ4n) is 0.269. The summed E-state index contributed by atoms with van der Waals surface area (Å²) in [6, 6.07) is 0. The zero-order valence-corrected chi connectivity index (χ0v) is 6.19. The molecule has 0 aliphatic carbocycles. The van der Waals surface area contributed by atoms with Crippen LogP contribution < -0.4 is 0 Å². The third-order valence-electron chi connectivity index (χ3n) is 0.684. The van der Waals surface area contributed by atoms with Crippen LogP contribution in [0.25, 0.3) is 0 Å². The van der Waals surface area contributed by atoms with Gasteiger partial charge in [-0.05, 0) is 42.6 Å². The molecule has 0 radical (unpaired) electrons. The summed E-state index contributed by atoms with van der Waals surface area (Å²) in [6.45, 7) is 4.93. The predicted octanol–water partition coefficient (Wildman–Crippen LogP) is 0.772. The highest BCUT2D eigenvalue weighted by molar-refractivity contribution is 6.04. The summed E-state index contributed by atoms with van der Waals surface area (Å²) in [4.78, 5) is 10.4. The number of hydrogen-bond acceptors (Lipinski definition) is 1. The molecule has 0 aromatic rings. The van der Waals surface area contributed by atoms with Gasteiger partial charge in [-0.3, -0.25) is 4.79 Å². The molecule has 0 fully saturated rings. The van der Waals surface area contributed by atoms with Gasteiger partial charge in [0.2, 0.25) is 5.78 Å². The highest BCUT2D eigenvalue weighted by atomic mass is 16.1. The van der Waals surface area contributed by atoms with E-state index < -0.39 is 0 Å². The van der Waals surface area contributed by atoms with Gasteiger partial charge in [0.1, 0.15) is 0 Å². The average Bonchev–Trinajstić information content (AvgIpc) is 2.04. The van der Waals surface area contributed by atoms with Crippen LogP contribution in [0, 0.1) is 35.5 Å². The van der Waals surface area contributed by atoms with Crippen molar-refractivity contribution in [2.24, 2.45) is 0 Å². The lowest BCUT2D eigenvalue weighted by molar-refractivity contribution is -0.109. The van der Waals surface area contributed by atoms with E-state index in [1.807, 2.05) is 0 Å². The number of hydrogen-bond donors (Lipinski definition) is 0. The van der Waals surface area contributed by atoms with Crippen molar-refractivity contribution in [2.75, 3.05) is 0 Å². The summed E-state index contributed by atoms with van der Waals surface area (Å²) in [5, 5.41) is 0. The first-order valence-electron chi connectivity index (χ1n) is 2.90. The summed E-state index contributed by atoms with van der Waals surface area (Å²) in [5.74, 6) is 14.2. The van der Waals surface area contributed by atoms with Crippen molar-refractivity contribution in [2.45, 2.75) is 6.92 Å². The molecular weight excluding hydrogens is 136 g/mol. The third kappa shape index (κ3) is 5.97. The Morgan fingerprint density at radius 3 is 2.45 bits per heavy atom. The maximum Gasteiger partial charge on any atom is 0.229 e. The van der Waals surface area contributed by atoms with E-state index in [1.165, 1.54) is 0 Å². The van der Waals surface area contributed by atoms with Crippen molar-refractivity contribution < 1.29 is 4.79 Å². The molecule has 0 amide bonds. The van der Waals surface area contributed by atoms with Gasteiger partial charge in [0.15, 0.2) is 0 Å². The third-order valence-corrected chi connectivity index (χ3v) is 0.684. The molecule has 0 aliphatic rings. The minimum absolute atomic E-state index is 0.330. The first-order chi connectivity index (χ1) is 5.31. The number of carbonyl (C=O) groups is 1. The molecule has 0 N–H and O–H groups in total. The molecule has 0 heterocycles. The molecule has 11 heavy (non-hydrogen) atoms. The van der Waals surface area contributed by atoms with Crippen LogP contribution in [-0.2, 0) is 4.79 Å². The first kappa shape index (κ1) is 9.09.